The molecule has 0 aliphatic rings. The van der Waals surface area contributed by atoms with E-state index >= 15 is 0 Å². The monoisotopic (exact) mass is 291 g/mol. The van der Waals surface area contributed by atoms with E-state index in [2.05, 4.69) is 0 Å². The molecule has 1 amide bonds. The standard InChI is InChI=1S/C16H15ClFNO/c1-19(11-12-6-8-14(17)9-7-12)16(20)10-13-4-2-3-5-15(13)18/h2-9H,10-11H2,1H3. The maximum atomic E-state index is 13.5. The Balaban J connectivity index is 1.99. The molecule has 20 heavy (non-hydrogen) atoms. The smallest absolute Gasteiger partial charge is 0.227 e. The van der Waals surface area contributed by atoms with Crippen molar-refractivity contribution in [3.63, 3.8) is 0 Å². The molecule has 0 N–H and O–H groups in total. The highest BCUT2D eigenvalue weighted by Gasteiger charge is 2.12. The lowest BCUT2D eigenvalue weighted by Crippen LogP contribution is -2.28. The fraction of sp³-hybridized carbons (Fsp3) is 0.188. The number of halogens is 2. The first-order valence-electron chi connectivity index (χ1n) is 6.28. The SMILES string of the molecule is CN(Cc1ccc(Cl)cc1)C(=O)Cc1ccccc1F. The van der Waals surface area contributed by atoms with Gasteiger partial charge in [-0.3, -0.25) is 4.79 Å². The predicted molar refractivity (Wildman–Crippen MR) is 78.0 cm³/mol. The van der Waals surface area contributed by atoms with Crippen LogP contribution in [0, 0.1) is 5.82 Å². The number of nitrogens with zero attached hydrogens (tertiary/aromatic N) is 1. The summed E-state index contributed by atoms with van der Waals surface area (Å²) in [4.78, 5) is 13.6. The molecule has 0 saturated carbocycles. The fourth-order valence-corrected chi connectivity index (χ4v) is 2.02. The molecule has 104 valence electrons. The molecule has 2 nitrogen and oxygen atoms in total. The number of hydrogen-bond donors (Lipinski definition) is 0. The Labute approximate surface area is 122 Å². The quantitative estimate of drug-likeness (QED) is 0.841. The molecular formula is C16H15ClFNO. The summed E-state index contributed by atoms with van der Waals surface area (Å²) >= 11 is 5.81. The van der Waals surface area contributed by atoms with Gasteiger partial charge < -0.3 is 4.90 Å². The largest absolute Gasteiger partial charge is 0.341 e. The Kier molecular flexibility index (Phi) is 4.74. The van der Waals surface area contributed by atoms with E-state index in [0.717, 1.165) is 5.56 Å². The summed E-state index contributed by atoms with van der Waals surface area (Å²) < 4.78 is 13.5. The van der Waals surface area contributed by atoms with Crippen molar-refractivity contribution in [2.45, 2.75) is 13.0 Å². The van der Waals surface area contributed by atoms with Crippen molar-refractivity contribution in [1.82, 2.24) is 4.90 Å². The average molecular weight is 292 g/mol. The summed E-state index contributed by atoms with van der Waals surface area (Å²) in [6.45, 7) is 0.477. The van der Waals surface area contributed by atoms with Crippen LogP contribution in [0.15, 0.2) is 48.5 Å². The zero-order valence-electron chi connectivity index (χ0n) is 11.1. The maximum Gasteiger partial charge on any atom is 0.227 e. The van der Waals surface area contributed by atoms with Crippen molar-refractivity contribution in [1.29, 1.82) is 0 Å². The Bertz CT molecular complexity index is 598. The number of carbonyl (C=O) groups excluding carboxylic acids is 1. The van der Waals surface area contributed by atoms with Crippen molar-refractivity contribution < 1.29 is 9.18 Å². The lowest BCUT2D eigenvalue weighted by molar-refractivity contribution is -0.129. The molecule has 0 spiro atoms. The third kappa shape index (κ3) is 3.81. The highest BCUT2D eigenvalue weighted by molar-refractivity contribution is 6.30. The van der Waals surface area contributed by atoms with Gasteiger partial charge in [-0.1, -0.05) is 41.9 Å². The van der Waals surface area contributed by atoms with Gasteiger partial charge in [0.25, 0.3) is 0 Å². The van der Waals surface area contributed by atoms with E-state index in [1.807, 2.05) is 12.1 Å². The molecule has 2 rings (SSSR count). The average Bonchev–Trinajstić information content (AvgIpc) is 2.44. The molecule has 4 heteroatoms. The highest BCUT2D eigenvalue weighted by atomic mass is 35.5. The summed E-state index contributed by atoms with van der Waals surface area (Å²) in [5, 5.41) is 0.661. The first-order chi connectivity index (χ1) is 9.56. The van der Waals surface area contributed by atoms with Gasteiger partial charge in [0.15, 0.2) is 0 Å². The Morgan fingerprint density at radius 1 is 1.15 bits per heavy atom. The van der Waals surface area contributed by atoms with Gasteiger partial charge in [-0.2, -0.15) is 0 Å². The van der Waals surface area contributed by atoms with E-state index < -0.39 is 0 Å². The van der Waals surface area contributed by atoms with E-state index in [1.54, 1.807) is 42.3 Å². The topological polar surface area (TPSA) is 20.3 Å². The molecule has 0 heterocycles. The lowest BCUT2D eigenvalue weighted by Gasteiger charge is -2.17. The van der Waals surface area contributed by atoms with Crippen LogP contribution in [0.3, 0.4) is 0 Å². The molecule has 0 radical (unpaired) electrons. The number of rotatable bonds is 4. The number of carbonyl (C=O) groups is 1. The molecule has 0 fully saturated rings. The third-order valence-corrected chi connectivity index (χ3v) is 3.31. The van der Waals surface area contributed by atoms with Crippen LogP contribution in [-0.4, -0.2) is 17.9 Å². The van der Waals surface area contributed by atoms with Gasteiger partial charge in [0.1, 0.15) is 5.82 Å². The van der Waals surface area contributed by atoms with Crippen LogP contribution in [0.2, 0.25) is 5.02 Å². The Morgan fingerprint density at radius 2 is 1.80 bits per heavy atom. The number of amides is 1. The molecule has 0 aromatic heterocycles. The molecule has 0 atom stereocenters. The minimum Gasteiger partial charge on any atom is -0.341 e. The van der Waals surface area contributed by atoms with Crippen molar-refractivity contribution >= 4 is 17.5 Å². The zero-order valence-corrected chi connectivity index (χ0v) is 11.9. The number of benzene rings is 2. The van der Waals surface area contributed by atoms with Crippen molar-refractivity contribution in [3.05, 3.63) is 70.5 Å². The van der Waals surface area contributed by atoms with Crippen LogP contribution in [-0.2, 0) is 17.8 Å². The summed E-state index contributed by atoms with van der Waals surface area (Å²) in [7, 11) is 1.71. The lowest BCUT2D eigenvalue weighted by atomic mass is 10.1. The van der Waals surface area contributed by atoms with Gasteiger partial charge in [-0.05, 0) is 29.3 Å². The molecule has 2 aromatic carbocycles. The van der Waals surface area contributed by atoms with E-state index in [9.17, 15) is 9.18 Å². The van der Waals surface area contributed by atoms with Crippen LogP contribution >= 0.6 is 11.6 Å². The minimum atomic E-state index is -0.347. The summed E-state index contributed by atoms with van der Waals surface area (Å²) in [6.07, 6.45) is 0.0662. The molecule has 0 unspecified atom stereocenters. The van der Waals surface area contributed by atoms with E-state index in [0.29, 0.717) is 17.1 Å². The molecule has 0 bridgehead atoms. The van der Waals surface area contributed by atoms with E-state index in [1.165, 1.54) is 6.07 Å². The second-order valence-corrected chi connectivity index (χ2v) is 5.08. The fourth-order valence-electron chi connectivity index (χ4n) is 1.89. The number of likely N-dealkylation sites (N-methyl/N-ethyl adjacent to an activating group) is 1. The van der Waals surface area contributed by atoms with Crippen molar-refractivity contribution in [3.8, 4) is 0 Å². The second-order valence-electron chi connectivity index (χ2n) is 4.64. The van der Waals surface area contributed by atoms with Crippen LogP contribution in [0.4, 0.5) is 4.39 Å². The first-order valence-corrected chi connectivity index (χ1v) is 6.66. The molecule has 0 aliphatic carbocycles. The van der Waals surface area contributed by atoms with Crippen LogP contribution in [0.5, 0.6) is 0 Å². The summed E-state index contributed by atoms with van der Waals surface area (Å²) in [6, 6.07) is 13.6. The third-order valence-electron chi connectivity index (χ3n) is 3.06. The van der Waals surface area contributed by atoms with Crippen molar-refractivity contribution in [2.24, 2.45) is 0 Å². The highest BCUT2D eigenvalue weighted by Crippen LogP contribution is 2.12. The normalized spacial score (nSPS) is 10.3. The van der Waals surface area contributed by atoms with Crippen LogP contribution < -0.4 is 0 Å². The number of hydrogen-bond acceptors (Lipinski definition) is 1. The summed E-state index contributed by atoms with van der Waals surface area (Å²) in [5.41, 5.74) is 1.40. The zero-order chi connectivity index (χ0) is 14.5. The van der Waals surface area contributed by atoms with Gasteiger partial charge >= 0.3 is 0 Å². The van der Waals surface area contributed by atoms with Crippen LogP contribution in [0.25, 0.3) is 0 Å². The van der Waals surface area contributed by atoms with Gasteiger partial charge in [0.2, 0.25) is 5.91 Å². The van der Waals surface area contributed by atoms with Crippen molar-refractivity contribution in [2.75, 3.05) is 7.05 Å². The molecule has 0 saturated heterocycles. The van der Waals surface area contributed by atoms with Crippen LogP contribution in [0.1, 0.15) is 11.1 Å². The van der Waals surface area contributed by atoms with Gasteiger partial charge in [-0.15, -0.1) is 0 Å². The second kappa shape index (κ2) is 6.53. The Morgan fingerprint density at radius 3 is 2.45 bits per heavy atom. The molecular weight excluding hydrogens is 277 g/mol. The van der Waals surface area contributed by atoms with Gasteiger partial charge in [-0.25, -0.2) is 4.39 Å². The van der Waals surface area contributed by atoms with E-state index in [4.69, 9.17) is 11.6 Å². The maximum absolute atomic E-state index is 13.5. The molecule has 2 aromatic rings. The minimum absolute atomic E-state index is 0.0662. The van der Waals surface area contributed by atoms with E-state index in [-0.39, 0.29) is 18.1 Å². The predicted octanol–water partition coefficient (Wildman–Crippen LogP) is 3.68. The summed E-state index contributed by atoms with van der Waals surface area (Å²) in [5.74, 6) is -0.467. The first kappa shape index (κ1) is 14.5. The molecule has 0 aliphatic heterocycles. The van der Waals surface area contributed by atoms with Gasteiger partial charge in [0, 0.05) is 18.6 Å². The Hall–Kier alpha value is -1.87. The van der Waals surface area contributed by atoms with Gasteiger partial charge in [0.05, 0.1) is 6.42 Å².